The first kappa shape index (κ1) is 15.2. The van der Waals surface area contributed by atoms with Crippen molar-refractivity contribution in [3.05, 3.63) is 42.3 Å². The first-order valence-electron chi connectivity index (χ1n) is 9.79. The lowest BCUT2D eigenvalue weighted by Crippen LogP contribution is -2.57. The van der Waals surface area contributed by atoms with Gasteiger partial charge in [0.2, 0.25) is 0 Å². The Hall–Kier alpha value is -1.88. The zero-order chi connectivity index (χ0) is 17.5. The number of rotatable bonds is 5. The first-order chi connectivity index (χ1) is 12.7. The van der Waals surface area contributed by atoms with Crippen LogP contribution < -0.4 is 5.32 Å². The van der Waals surface area contributed by atoms with Gasteiger partial charge in [-0.1, -0.05) is 13.2 Å². The van der Waals surface area contributed by atoms with Gasteiger partial charge in [-0.15, -0.1) is 11.3 Å². The Morgan fingerprint density at radius 1 is 1.23 bits per heavy atom. The Bertz CT molecular complexity index is 925. The molecule has 0 aromatic carbocycles. The van der Waals surface area contributed by atoms with E-state index in [4.69, 9.17) is 0 Å². The molecule has 5 unspecified atom stereocenters. The third-order valence-corrected chi connectivity index (χ3v) is 8.72. The van der Waals surface area contributed by atoms with Crippen LogP contribution in [0.2, 0.25) is 0 Å². The topological polar surface area (TPSA) is 41.0 Å². The van der Waals surface area contributed by atoms with Crippen molar-refractivity contribution in [1.29, 1.82) is 0 Å². The van der Waals surface area contributed by atoms with Gasteiger partial charge in [0.25, 0.3) is 0 Å². The second-order valence-electron chi connectivity index (χ2n) is 8.51. The highest BCUT2D eigenvalue weighted by atomic mass is 32.1. The standard InChI is InChI=1S/C21H24N4S/c1-3-25(4-2)15-8-12-9-21(10-14(15)21)18(12)24-19-17-13-6-5-7-16(13)26-20(17)23-11-22-19/h3-4,11-12,14-15,18H,1-2,5-10H2,(H,22,23,24). The van der Waals surface area contributed by atoms with Gasteiger partial charge in [0.05, 0.1) is 5.39 Å². The molecule has 5 aliphatic rings. The normalized spacial score (nSPS) is 36.0. The SMILES string of the molecule is C=CN(C=C)C1CC2CC3(CC13)C2Nc1ncnc2sc3c(c12)CCC3. The van der Waals surface area contributed by atoms with Crippen molar-refractivity contribution in [1.82, 2.24) is 14.9 Å². The van der Waals surface area contributed by atoms with Crippen LogP contribution >= 0.6 is 11.3 Å². The van der Waals surface area contributed by atoms with Crippen LogP contribution in [-0.4, -0.2) is 27.0 Å². The minimum atomic E-state index is 0.480. The highest BCUT2D eigenvalue weighted by Gasteiger charge is 2.74. The molecule has 4 saturated carbocycles. The van der Waals surface area contributed by atoms with Gasteiger partial charge in [0.1, 0.15) is 17.0 Å². The average Bonchev–Trinajstić information content (AvgIpc) is 3.14. The third kappa shape index (κ3) is 1.80. The molecule has 2 aromatic heterocycles. The van der Waals surface area contributed by atoms with E-state index in [1.165, 1.54) is 59.2 Å². The molecular weight excluding hydrogens is 340 g/mol. The minimum absolute atomic E-state index is 0.480. The molecule has 1 spiro atoms. The van der Waals surface area contributed by atoms with Gasteiger partial charge in [-0.2, -0.15) is 0 Å². The number of aryl methyl sites for hydroxylation is 2. The summed E-state index contributed by atoms with van der Waals surface area (Å²) in [5.74, 6) is 2.60. The summed E-state index contributed by atoms with van der Waals surface area (Å²) in [6.07, 6.45) is 13.3. The molecule has 0 radical (unpaired) electrons. The number of hydrogen-bond donors (Lipinski definition) is 1. The number of anilines is 1. The Morgan fingerprint density at radius 3 is 2.96 bits per heavy atom. The second-order valence-corrected chi connectivity index (χ2v) is 9.59. The van der Waals surface area contributed by atoms with E-state index < -0.39 is 0 Å². The van der Waals surface area contributed by atoms with Crippen LogP contribution in [0, 0.1) is 17.3 Å². The van der Waals surface area contributed by atoms with Crippen molar-refractivity contribution < 1.29 is 0 Å². The Kier molecular flexibility index (Phi) is 2.98. The van der Waals surface area contributed by atoms with E-state index in [2.05, 4.69) is 33.3 Å². The smallest absolute Gasteiger partial charge is 0.138 e. The quantitative estimate of drug-likeness (QED) is 0.856. The molecular formula is C21H24N4S. The van der Waals surface area contributed by atoms with Gasteiger partial charge >= 0.3 is 0 Å². The van der Waals surface area contributed by atoms with Crippen LogP contribution in [0.25, 0.3) is 10.2 Å². The van der Waals surface area contributed by atoms with E-state index in [1.54, 1.807) is 6.33 Å². The molecule has 4 nitrogen and oxygen atoms in total. The van der Waals surface area contributed by atoms with Crippen molar-refractivity contribution in [2.24, 2.45) is 17.3 Å². The molecule has 4 fully saturated rings. The molecule has 2 bridgehead atoms. The van der Waals surface area contributed by atoms with Crippen molar-refractivity contribution in [3.63, 3.8) is 0 Å². The van der Waals surface area contributed by atoms with E-state index in [9.17, 15) is 0 Å². The van der Waals surface area contributed by atoms with Crippen LogP contribution in [0.15, 0.2) is 31.9 Å². The number of hydrogen-bond acceptors (Lipinski definition) is 5. The fourth-order valence-corrected chi connectivity index (χ4v) is 7.55. The predicted molar refractivity (Wildman–Crippen MR) is 106 cm³/mol. The highest BCUT2D eigenvalue weighted by Crippen LogP contribution is 2.75. The van der Waals surface area contributed by atoms with Gasteiger partial charge in [0, 0.05) is 17.0 Å². The molecule has 2 aromatic rings. The third-order valence-electron chi connectivity index (χ3n) is 7.52. The van der Waals surface area contributed by atoms with Gasteiger partial charge < -0.3 is 10.2 Å². The molecule has 0 amide bonds. The summed E-state index contributed by atoms with van der Waals surface area (Å²) in [6.45, 7) is 7.94. The van der Waals surface area contributed by atoms with Crippen LogP contribution in [0.3, 0.4) is 0 Å². The molecule has 7 rings (SSSR count). The summed E-state index contributed by atoms with van der Waals surface area (Å²) in [5.41, 5.74) is 2.00. The predicted octanol–water partition coefficient (Wildman–Crippen LogP) is 4.35. The lowest BCUT2D eigenvalue weighted by Gasteiger charge is -2.54. The molecule has 26 heavy (non-hydrogen) atoms. The summed E-state index contributed by atoms with van der Waals surface area (Å²) in [6, 6.07) is 1.17. The molecule has 2 heterocycles. The second kappa shape index (κ2) is 5.10. The Morgan fingerprint density at radius 2 is 2.12 bits per heavy atom. The van der Waals surface area contributed by atoms with Crippen LogP contribution in [0.5, 0.6) is 0 Å². The van der Waals surface area contributed by atoms with E-state index in [0.29, 0.717) is 17.5 Å². The molecule has 134 valence electrons. The lowest BCUT2D eigenvalue weighted by atomic mass is 9.58. The summed E-state index contributed by atoms with van der Waals surface area (Å²) in [7, 11) is 0. The molecule has 5 atom stereocenters. The summed E-state index contributed by atoms with van der Waals surface area (Å²) < 4.78 is 0. The maximum absolute atomic E-state index is 4.68. The van der Waals surface area contributed by atoms with Crippen molar-refractivity contribution >= 4 is 27.4 Å². The summed E-state index contributed by atoms with van der Waals surface area (Å²) in [5, 5.41) is 5.22. The number of thiophene rings is 1. The van der Waals surface area contributed by atoms with E-state index in [1.807, 2.05) is 23.7 Å². The van der Waals surface area contributed by atoms with Crippen molar-refractivity contribution in [2.75, 3.05) is 5.32 Å². The number of nitrogens with zero attached hydrogens (tertiary/aromatic N) is 3. The molecule has 0 aliphatic heterocycles. The van der Waals surface area contributed by atoms with E-state index >= 15 is 0 Å². The molecule has 0 saturated heterocycles. The number of aromatic nitrogens is 2. The van der Waals surface area contributed by atoms with Crippen molar-refractivity contribution in [2.45, 2.75) is 50.6 Å². The highest BCUT2D eigenvalue weighted by molar-refractivity contribution is 7.19. The fraction of sp³-hybridized carbons (Fsp3) is 0.524. The van der Waals surface area contributed by atoms with Crippen LogP contribution in [-0.2, 0) is 12.8 Å². The monoisotopic (exact) mass is 364 g/mol. The van der Waals surface area contributed by atoms with E-state index in [-0.39, 0.29) is 0 Å². The minimum Gasteiger partial charge on any atom is -0.366 e. The maximum atomic E-state index is 4.68. The lowest BCUT2D eigenvalue weighted by molar-refractivity contribution is 0.0265. The Labute approximate surface area is 158 Å². The van der Waals surface area contributed by atoms with Crippen molar-refractivity contribution in [3.8, 4) is 0 Å². The van der Waals surface area contributed by atoms with Gasteiger partial charge in [0.15, 0.2) is 0 Å². The first-order valence-corrected chi connectivity index (χ1v) is 10.6. The fourth-order valence-electron chi connectivity index (χ4n) is 6.32. The average molecular weight is 365 g/mol. The molecule has 1 N–H and O–H groups in total. The zero-order valence-corrected chi connectivity index (χ0v) is 15.8. The number of fused-ring (bicyclic) bond motifs is 4. The van der Waals surface area contributed by atoms with Gasteiger partial charge in [-0.05, 0) is 73.7 Å². The molecule has 5 aliphatic carbocycles. The largest absolute Gasteiger partial charge is 0.366 e. The zero-order valence-electron chi connectivity index (χ0n) is 14.9. The van der Waals surface area contributed by atoms with Crippen LogP contribution in [0.4, 0.5) is 5.82 Å². The summed E-state index contributed by atoms with van der Waals surface area (Å²) >= 11 is 1.87. The van der Waals surface area contributed by atoms with Gasteiger partial charge in [-0.25, -0.2) is 9.97 Å². The molecule has 5 heteroatoms. The van der Waals surface area contributed by atoms with Crippen LogP contribution in [0.1, 0.15) is 36.1 Å². The number of nitrogens with one attached hydrogen (secondary N) is 1. The van der Waals surface area contributed by atoms with E-state index in [0.717, 1.165) is 17.7 Å². The maximum Gasteiger partial charge on any atom is 0.138 e. The summed E-state index contributed by atoms with van der Waals surface area (Å²) in [4.78, 5) is 14.2. The Balaban J connectivity index is 1.31. The van der Waals surface area contributed by atoms with Gasteiger partial charge in [-0.3, -0.25) is 0 Å².